The Morgan fingerprint density at radius 1 is 0.545 bits per heavy atom. The molecule has 2 heteroatoms. The number of benzene rings is 4. The highest BCUT2D eigenvalue weighted by Crippen LogP contribution is 2.36. The van der Waals surface area contributed by atoms with Crippen LogP contribution >= 0.6 is 0 Å². The number of aromatic nitrogens is 1. The van der Waals surface area contributed by atoms with E-state index in [1.807, 2.05) is 18.3 Å². The quantitative estimate of drug-likeness (QED) is 0.284. The number of furan rings is 1. The van der Waals surface area contributed by atoms with Gasteiger partial charge < -0.3 is 4.42 Å². The fourth-order valence-corrected chi connectivity index (χ4v) is 4.65. The molecule has 0 saturated heterocycles. The van der Waals surface area contributed by atoms with Crippen molar-refractivity contribution in [3.8, 4) is 33.5 Å². The second-order valence-corrected chi connectivity index (χ2v) is 8.59. The van der Waals surface area contributed by atoms with Gasteiger partial charge >= 0.3 is 0 Å². The van der Waals surface area contributed by atoms with Gasteiger partial charge in [0.2, 0.25) is 0 Å². The fourth-order valence-electron chi connectivity index (χ4n) is 4.65. The fraction of sp³-hybridized carbons (Fsp3) is 0.0645. The third-order valence-corrected chi connectivity index (χ3v) is 6.39. The lowest BCUT2D eigenvalue weighted by Crippen LogP contribution is -1.89. The van der Waals surface area contributed by atoms with Gasteiger partial charge in [-0.15, -0.1) is 0 Å². The number of fused-ring (bicyclic) bond motifs is 3. The zero-order chi connectivity index (χ0) is 22.4. The summed E-state index contributed by atoms with van der Waals surface area (Å²) in [5.74, 6) is 0. The first kappa shape index (κ1) is 19.5. The number of hydrogen-bond acceptors (Lipinski definition) is 2. The molecular formula is C31H23NO. The maximum Gasteiger partial charge on any atom is 0.136 e. The molecule has 2 nitrogen and oxygen atoms in total. The predicted octanol–water partition coefficient (Wildman–Crippen LogP) is 8.60. The summed E-state index contributed by atoms with van der Waals surface area (Å²) in [4.78, 5) is 4.77. The maximum atomic E-state index is 6.28. The molecule has 0 aliphatic carbocycles. The first-order valence-electron chi connectivity index (χ1n) is 11.2. The van der Waals surface area contributed by atoms with E-state index in [1.165, 1.54) is 27.8 Å². The Morgan fingerprint density at radius 3 is 1.88 bits per heavy atom. The Labute approximate surface area is 193 Å². The van der Waals surface area contributed by atoms with Crippen LogP contribution < -0.4 is 0 Å². The molecule has 0 aliphatic heterocycles. The van der Waals surface area contributed by atoms with E-state index in [1.54, 1.807) is 0 Å². The molecule has 0 atom stereocenters. The largest absolute Gasteiger partial charge is 0.456 e. The zero-order valence-corrected chi connectivity index (χ0v) is 18.7. The highest BCUT2D eigenvalue weighted by Gasteiger charge is 2.13. The van der Waals surface area contributed by atoms with Crippen molar-refractivity contribution in [2.45, 2.75) is 13.8 Å². The van der Waals surface area contributed by atoms with Crippen molar-refractivity contribution in [1.29, 1.82) is 0 Å². The van der Waals surface area contributed by atoms with Gasteiger partial charge in [-0.25, -0.2) is 0 Å². The second kappa shape index (κ2) is 7.75. The van der Waals surface area contributed by atoms with Gasteiger partial charge in [0.25, 0.3) is 0 Å². The van der Waals surface area contributed by atoms with Crippen molar-refractivity contribution in [3.05, 3.63) is 114 Å². The Balaban J connectivity index is 1.44. The molecule has 0 unspecified atom stereocenters. The first-order valence-corrected chi connectivity index (χ1v) is 11.2. The molecule has 0 fully saturated rings. The molecule has 2 aromatic heterocycles. The number of nitrogens with zero attached hydrogens (tertiary/aromatic N) is 1. The zero-order valence-electron chi connectivity index (χ0n) is 18.7. The van der Waals surface area contributed by atoms with Gasteiger partial charge in [0.15, 0.2) is 0 Å². The third-order valence-electron chi connectivity index (χ3n) is 6.39. The first-order chi connectivity index (χ1) is 16.2. The molecule has 0 amide bonds. The average molecular weight is 426 g/mol. The predicted molar refractivity (Wildman–Crippen MR) is 137 cm³/mol. The minimum Gasteiger partial charge on any atom is -0.456 e. The lowest BCUT2D eigenvalue weighted by molar-refractivity contribution is 0.669. The van der Waals surface area contributed by atoms with E-state index in [0.717, 1.165) is 38.8 Å². The number of aryl methyl sites for hydroxylation is 2. The highest BCUT2D eigenvalue weighted by atomic mass is 16.3. The second-order valence-electron chi connectivity index (χ2n) is 8.59. The molecule has 2 heterocycles. The lowest BCUT2D eigenvalue weighted by atomic mass is 9.97. The summed E-state index contributed by atoms with van der Waals surface area (Å²) in [6, 6.07) is 33.9. The van der Waals surface area contributed by atoms with Crippen LogP contribution in [0.15, 0.2) is 108 Å². The molecule has 4 aromatic carbocycles. The summed E-state index contributed by atoms with van der Waals surface area (Å²) in [5.41, 5.74) is 11.0. The molecule has 0 bridgehead atoms. The molecule has 0 radical (unpaired) electrons. The van der Waals surface area contributed by atoms with Gasteiger partial charge in [-0.3, -0.25) is 4.98 Å². The molecule has 6 rings (SSSR count). The van der Waals surface area contributed by atoms with E-state index in [0.29, 0.717) is 0 Å². The molecular weight excluding hydrogens is 402 g/mol. The van der Waals surface area contributed by atoms with Crippen LogP contribution in [0.5, 0.6) is 0 Å². The van der Waals surface area contributed by atoms with Crippen LogP contribution in [0.3, 0.4) is 0 Å². The van der Waals surface area contributed by atoms with Crippen molar-refractivity contribution in [1.82, 2.24) is 4.98 Å². The summed E-state index contributed by atoms with van der Waals surface area (Å²) in [6.07, 6.45) is 1.97. The van der Waals surface area contributed by atoms with Crippen LogP contribution in [0.2, 0.25) is 0 Å². The standard InChI is InChI=1S/C31H23NO/c1-20-15-29(32-19-28(20)23-11-7-4-8-12-23)24-13-14-25-27-18-26(22-9-5-3-6-10-22)21(2)16-30(27)33-31(25)17-24/h3-19H,1-2H3. The Morgan fingerprint density at radius 2 is 1.18 bits per heavy atom. The van der Waals surface area contributed by atoms with Crippen LogP contribution in [0.4, 0.5) is 0 Å². The molecule has 0 spiro atoms. The van der Waals surface area contributed by atoms with Gasteiger partial charge in [-0.05, 0) is 72.0 Å². The van der Waals surface area contributed by atoms with Crippen molar-refractivity contribution in [2.24, 2.45) is 0 Å². The summed E-state index contributed by atoms with van der Waals surface area (Å²) >= 11 is 0. The maximum absolute atomic E-state index is 6.28. The van der Waals surface area contributed by atoms with E-state index < -0.39 is 0 Å². The molecule has 6 aromatic rings. The number of hydrogen-bond donors (Lipinski definition) is 0. The topological polar surface area (TPSA) is 26.0 Å². The van der Waals surface area contributed by atoms with Gasteiger partial charge in [-0.2, -0.15) is 0 Å². The van der Waals surface area contributed by atoms with Crippen molar-refractivity contribution < 1.29 is 4.42 Å². The van der Waals surface area contributed by atoms with E-state index in [-0.39, 0.29) is 0 Å². The van der Waals surface area contributed by atoms with Crippen molar-refractivity contribution >= 4 is 21.9 Å². The van der Waals surface area contributed by atoms with E-state index in [2.05, 4.69) is 98.8 Å². The van der Waals surface area contributed by atoms with Crippen LogP contribution in [-0.2, 0) is 0 Å². The summed E-state index contributed by atoms with van der Waals surface area (Å²) in [7, 11) is 0. The minimum absolute atomic E-state index is 0.888. The SMILES string of the molecule is Cc1cc(-c2ccc3c(c2)oc2cc(C)c(-c4ccccc4)cc23)ncc1-c1ccccc1. The normalized spacial score (nSPS) is 11.3. The summed E-state index contributed by atoms with van der Waals surface area (Å²) in [5, 5.41) is 2.27. The van der Waals surface area contributed by atoms with Gasteiger partial charge in [0.05, 0.1) is 5.69 Å². The van der Waals surface area contributed by atoms with Crippen molar-refractivity contribution in [3.63, 3.8) is 0 Å². The van der Waals surface area contributed by atoms with Crippen LogP contribution in [-0.4, -0.2) is 4.98 Å². The smallest absolute Gasteiger partial charge is 0.136 e. The number of pyridine rings is 1. The molecule has 158 valence electrons. The Hall–Kier alpha value is -4.17. The van der Waals surface area contributed by atoms with Gasteiger partial charge in [0, 0.05) is 28.1 Å². The van der Waals surface area contributed by atoms with Gasteiger partial charge in [0.1, 0.15) is 11.2 Å². The minimum atomic E-state index is 0.888. The third kappa shape index (κ3) is 3.41. The van der Waals surface area contributed by atoms with Crippen LogP contribution in [0, 0.1) is 13.8 Å². The Kier molecular flexibility index (Phi) is 4.58. The van der Waals surface area contributed by atoms with E-state index in [4.69, 9.17) is 9.40 Å². The average Bonchev–Trinajstić information content (AvgIpc) is 3.21. The van der Waals surface area contributed by atoms with E-state index >= 15 is 0 Å². The van der Waals surface area contributed by atoms with Crippen LogP contribution in [0.1, 0.15) is 11.1 Å². The molecule has 0 N–H and O–H groups in total. The molecule has 0 aliphatic rings. The van der Waals surface area contributed by atoms with Crippen molar-refractivity contribution in [2.75, 3.05) is 0 Å². The summed E-state index contributed by atoms with van der Waals surface area (Å²) < 4.78 is 6.28. The molecule has 0 saturated carbocycles. The van der Waals surface area contributed by atoms with Gasteiger partial charge in [-0.1, -0.05) is 66.7 Å². The monoisotopic (exact) mass is 425 g/mol. The molecule has 33 heavy (non-hydrogen) atoms. The van der Waals surface area contributed by atoms with Crippen LogP contribution in [0.25, 0.3) is 55.4 Å². The Bertz CT molecular complexity index is 1610. The summed E-state index contributed by atoms with van der Waals surface area (Å²) in [6.45, 7) is 4.28. The van der Waals surface area contributed by atoms with E-state index in [9.17, 15) is 0 Å². The number of rotatable bonds is 3. The highest BCUT2D eigenvalue weighted by molar-refractivity contribution is 6.07. The lowest BCUT2D eigenvalue weighted by Gasteiger charge is -2.08.